The van der Waals surface area contributed by atoms with Gasteiger partial charge >= 0.3 is 0 Å². The van der Waals surface area contributed by atoms with Gasteiger partial charge in [0.15, 0.2) is 0 Å². The fourth-order valence-corrected chi connectivity index (χ4v) is 3.70. The minimum Gasteiger partial charge on any atom is -0.488 e. The Morgan fingerprint density at radius 1 is 0.844 bits per heavy atom. The molecule has 4 heteroatoms. The fraction of sp³-hybridized carbons (Fsp3) is 0.143. The molecule has 0 radical (unpaired) electrons. The van der Waals surface area contributed by atoms with E-state index in [0.29, 0.717) is 24.5 Å². The third-order valence-electron chi connectivity index (χ3n) is 5.26. The number of ether oxygens (including phenoxy) is 1. The zero-order valence-electron chi connectivity index (χ0n) is 17.7. The average molecular weight is 442 g/mol. The van der Waals surface area contributed by atoms with Crippen molar-refractivity contribution in [1.82, 2.24) is 4.98 Å². The number of ketones is 1. The Morgan fingerprint density at radius 2 is 1.62 bits per heavy atom. The van der Waals surface area contributed by atoms with Gasteiger partial charge < -0.3 is 4.74 Å². The van der Waals surface area contributed by atoms with Gasteiger partial charge in [-0.05, 0) is 52.9 Å². The maximum Gasteiger partial charge on any atom is 0.137 e. The smallest absolute Gasteiger partial charge is 0.137 e. The van der Waals surface area contributed by atoms with Gasteiger partial charge in [0.05, 0.1) is 0 Å². The highest BCUT2D eigenvalue weighted by atomic mass is 35.5. The molecule has 0 aliphatic heterocycles. The van der Waals surface area contributed by atoms with Crippen LogP contribution in [0.15, 0.2) is 97.3 Å². The van der Waals surface area contributed by atoms with Crippen molar-refractivity contribution in [3.05, 3.63) is 119 Å². The summed E-state index contributed by atoms with van der Waals surface area (Å²) in [5, 5.41) is 0.675. The van der Waals surface area contributed by atoms with E-state index in [4.69, 9.17) is 16.3 Å². The van der Waals surface area contributed by atoms with Crippen molar-refractivity contribution in [2.24, 2.45) is 0 Å². The third-order valence-corrected chi connectivity index (χ3v) is 5.50. The van der Waals surface area contributed by atoms with Gasteiger partial charge in [-0.3, -0.25) is 9.78 Å². The van der Waals surface area contributed by atoms with Crippen LogP contribution in [0.25, 0.3) is 11.1 Å². The molecular formula is C28H24ClNO2. The molecule has 0 unspecified atom stereocenters. The van der Waals surface area contributed by atoms with Crippen molar-refractivity contribution < 1.29 is 9.53 Å². The Balaban J connectivity index is 1.34. The molecule has 0 atom stereocenters. The summed E-state index contributed by atoms with van der Waals surface area (Å²) in [6.07, 6.45) is 5.24. The van der Waals surface area contributed by atoms with Gasteiger partial charge in [0.1, 0.15) is 18.1 Å². The number of halogens is 1. The molecule has 0 aliphatic rings. The zero-order chi connectivity index (χ0) is 22.2. The first-order valence-corrected chi connectivity index (χ1v) is 11.0. The zero-order valence-corrected chi connectivity index (χ0v) is 18.5. The predicted molar refractivity (Wildman–Crippen MR) is 129 cm³/mol. The van der Waals surface area contributed by atoms with Crippen LogP contribution in [-0.4, -0.2) is 10.8 Å². The van der Waals surface area contributed by atoms with Crippen LogP contribution in [0.1, 0.15) is 23.1 Å². The van der Waals surface area contributed by atoms with Crippen LogP contribution in [0, 0.1) is 0 Å². The molecule has 1 heterocycles. The quantitative estimate of drug-likeness (QED) is 0.289. The van der Waals surface area contributed by atoms with Crippen molar-refractivity contribution in [2.45, 2.75) is 25.9 Å². The van der Waals surface area contributed by atoms with Crippen molar-refractivity contribution >= 4 is 17.4 Å². The molecule has 32 heavy (non-hydrogen) atoms. The lowest BCUT2D eigenvalue weighted by molar-refractivity contribution is -0.118. The van der Waals surface area contributed by atoms with Crippen molar-refractivity contribution in [1.29, 1.82) is 0 Å². The van der Waals surface area contributed by atoms with Crippen LogP contribution >= 0.6 is 11.6 Å². The van der Waals surface area contributed by atoms with E-state index in [0.717, 1.165) is 40.0 Å². The van der Waals surface area contributed by atoms with Crippen molar-refractivity contribution in [3.63, 3.8) is 0 Å². The Labute approximate surface area is 193 Å². The molecule has 0 aliphatic carbocycles. The second kappa shape index (κ2) is 10.7. The number of carbonyl (C=O) groups is 1. The summed E-state index contributed by atoms with van der Waals surface area (Å²) in [5.74, 6) is 1.02. The van der Waals surface area contributed by atoms with Gasteiger partial charge in [0.2, 0.25) is 0 Å². The van der Waals surface area contributed by atoms with Gasteiger partial charge in [-0.15, -0.1) is 0 Å². The van der Waals surface area contributed by atoms with E-state index in [1.165, 1.54) is 0 Å². The standard InChI is InChI=1S/C28H24ClNO2/c29-25-13-15-28(27(18-25)24-6-2-1-3-7-24)32-20-23-10-8-21(9-11-23)17-26(31)14-12-22-5-4-16-30-19-22/h1-11,13,15-16,18-19H,12,14,17,20H2. The molecule has 4 rings (SSSR count). The second-order valence-electron chi connectivity index (χ2n) is 7.69. The number of hydrogen-bond donors (Lipinski definition) is 0. The predicted octanol–water partition coefficient (Wildman–Crippen LogP) is 6.73. The summed E-state index contributed by atoms with van der Waals surface area (Å²) < 4.78 is 6.11. The molecule has 0 saturated carbocycles. The topological polar surface area (TPSA) is 39.2 Å². The highest BCUT2D eigenvalue weighted by Crippen LogP contribution is 2.33. The minimum atomic E-state index is 0.228. The van der Waals surface area contributed by atoms with Gasteiger partial charge in [-0.1, -0.05) is 72.3 Å². The van der Waals surface area contributed by atoms with E-state index in [1.54, 1.807) is 6.20 Å². The highest BCUT2D eigenvalue weighted by molar-refractivity contribution is 6.31. The normalized spacial score (nSPS) is 10.7. The molecule has 0 amide bonds. The highest BCUT2D eigenvalue weighted by Gasteiger charge is 2.09. The molecule has 1 aromatic heterocycles. The summed E-state index contributed by atoms with van der Waals surface area (Å²) in [5.41, 5.74) is 5.18. The lowest BCUT2D eigenvalue weighted by Crippen LogP contribution is -2.05. The summed E-state index contributed by atoms with van der Waals surface area (Å²) in [7, 11) is 0. The van der Waals surface area contributed by atoms with Crippen LogP contribution in [-0.2, 0) is 24.2 Å². The maximum atomic E-state index is 12.3. The molecule has 4 aromatic rings. The van der Waals surface area contributed by atoms with Crippen LogP contribution < -0.4 is 4.74 Å². The van der Waals surface area contributed by atoms with E-state index in [9.17, 15) is 4.79 Å². The van der Waals surface area contributed by atoms with Gasteiger partial charge in [-0.2, -0.15) is 0 Å². The first-order valence-electron chi connectivity index (χ1n) is 10.6. The van der Waals surface area contributed by atoms with E-state index < -0.39 is 0 Å². The number of benzene rings is 3. The van der Waals surface area contributed by atoms with E-state index >= 15 is 0 Å². The van der Waals surface area contributed by atoms with E-state index in [1.807, 2.05) is 91.1 Å². The molecule has 3 nitrogen and oxygen atoms in total. The molecule has 160 valence electrons. The first kappa shape index (κ1) is 21.8. The Morgan fingerprint density at radius 3 is 2.38 bits per heavy atom. The number of aryl methyl sites for hydroxylation is 1. The SMILES string of the molecule is O=C(CCc1cccnc1)Cc1ccc(COc2ccc(Cl)cc2-c2ccccc2)cc1. The van der Waals surface area contributed by atoms with Crippen molar-refractivity contribution in [3.8, 4) is 16.9 Å². The van der Waals surface area contributed by atoms with Crippen LogP contribution in [0.2, 0.25) is 5.02 Å². The van der Waals surface area contributed by atoms with E-state index in [-0.39, 0.29) is 5.78 Å². The molecule has 0 N–H and O–H groups in total. The molecule has 0 fully saturated rings. The van der Waals surface area contributed by atoms with E-state index in [2.05, 4.69) is 4.98 Å². The lowest BCUT2D eigenvalue weighted by Gasteiger charge is -2.13. The number of aromatic nitrogens is 1. The Bertz CT molecular complexity index is 1160. The van der Waals surface area contributed by atoms with Gasteiger partial charge in [-0.25, -0.2) is 0 Å². The summed E-state index contributed by atoms with van der Waals surface area (Å²) in [4.78, 5) is 16.4. The summed E-state index contributed by atoms with van der Waals surface area (Å²) >= 11 is 6.21. The third kappa shape index (κ3) is 6.05. The van der Waals surface area contributed by atoms with Gasteiger partial charge in [0, 0.05) is 35.8 Å². The van der Waals surface area contributed by atoms with Crippen LogP contribution in [0.3, 0.4) is 0 Å². The molecule has 0 saturated heterocycles. The summed E-state index contributed by atoms with van der Waals surface area (Å²) in [6.45, 7) is 0.441. The Hall–Kier alpha value is -3.43. The average Bonchev–Trinajstić information content (AvgIpc) is 2.84. The van der Waals surface area contributed by atoms with Gasteiger partial charge in [0.25, 0.3) is 0 Å². The molecule has 3 aromatic carbocycles. The fourth-order valence-electron chi connectivity index (χ4n) is 3.53. The Kier molecular flexibility index (Phi) is 7.31. The molecular weight excluding hydrogens is 418 g/mol. The van der Waals surface area contributed by atoms with Crippen LogP contribution in [0.5, 0.6) is 5.75 Å². The number of Topliss-reactive ketones (excluding diaryl/α,β-unsaturated/α-hetero) is 1. The molecule has 0 spiro atoms. The lowest BCUT2D eigenvalue weighted by atomic mass is 10.0. The number of hydrogen-bond acceptors (Lipinski definition) is 3. The number of rotatable bonds is 9. The first-order chi connectivity index (χ1) is 15.7. The largest absolute Gasteiger partial charge is 0.488 e. The minimum absolute atomic E-state index is 0.228. The number of pyridine rings is 1. The second-order valence-corrected chi connectivity index (χ2v) is 8.12. The van der Waals surface area contributed by atoms with Crippen molar-refractivity contribution in [2.75, 3.05) is 0 Å². The number of nitrogens with zero attached hydrogens (tertiary/aromatic N) is 1. The number of carbonyl (C=O) groups excluding carboxylic acids is 1. The molecule has 0 bridgehead atoms. The van der Waals surface area contributed by atoms with Crippen LogP contribution in [0.4, 0.5) is 0 Å². The monoisotopic (exact) mass is 441 g/mol. The maximum absolute atomic E-state index is 12.3. The summed E-state index contributed by atoms with van der Waals surface area (Å²) in [6, 6.07) is 27.7.